The number of hydrogen-bond donors (Lipinski definition) is 0. The van der Waals surface area contributed by atoms with Gasteiger partial charge in [-0.25, -0.2) is 18.4 Å². The Labute approximate surface area is 146 Å². The summed E-state index contributed by atoms with van der Waals surface area (Å²) in [5.41, 5.74) is 0.675. The average molecular weight is 368 g/mol. The Kier molecular flexibility index (Phi) is 5.03. The van der Waals surface area contributed by atoms with E-state index in [1.165, 1.54) is 10.4 Å². The fraction of sp³-hybridized carbons (Fsp3) is 0.375. The summed E-state index contributed by atoms with van der Waals surface area (Å²) in [6.07, 6.45) is 4.40. The van der Waals surface area contributed by atoms with Crippen molar-refractivity contribution < 1.29 is 13.2 Å². The van der Waals surface area contributed by atoms with Gasteiger partial charge in [0, 0.05) is 24.0 Å². The number of halogens is 1. The van der Waals surface area contributed by atoms with Gasteiger partial charge in [-0.1, -0.05) is 17.7 Å². The van der Waals surface area contributed by atoms with E-state index in [0.717, 1.165) is 12.8 Å². The maximum absolute atomic E-state index is 12.9. The monoisotopic (exact) mass is 367 g/mol. The zero-order chi connectivity index (χ0) is 17.2. The molecule has 2 heterocycles. The number of benzene rings is 1. The molecule has 0 radical (unpaired) electrons. The molecule has 1 aliphatic rings. The van der Waals surface area contributed by atoms with E-state index in [4.69, 9.17) is 16.3 Å². The molecular formula is C16H18ClN3O3S. The Bertz CT molecular complexity index is 815. The van der Waals surface area contributed by atoms with Gasteiger partial charge in [-0.3, -0.25) is 0 Å². The SMILES string of the molecule is Cc1ccc(Cl)cc1S(=O)(=O)N1CCCC(Oc2ncccn2)C1. The number of ether oxygens (including phenoxy) is 1. The van der Waals surface area contributed by atoms with E-state index in [-0.39, 0.29) is 23.6 Å². The number of piperidine rings is 1. The minimum absolute atomic E-state index is 0.242. The van der Waals surface area contributed by atoms with E-state index in [1.807, 2.05) is 0 Å². The summed E-state index contributed by atoms with van der Waals surface area (Å²) in [6, 6.07) is 6.86. The summed E-state index contributed by atoms with van der Waals surface area (Å²) in [5, 5.41) is 0.404. The van der Waals surface area contributed by atoms with Crippen LogP contribution < -0.4 is 4.74 Å². The lowest BCUT2D eigenvalue weighted by molar-refractivity contribution is 0.119. The molecule has 24 heavy (non-hydrogen) atoms. The lowest BCUT2D eigenvalue weighted by atomic mass is 10.1. The zero-order valence-electron chi connectivity index (χ0n) is 13.2. The van der Waals surface area contributed by atoms with Crippen molar-refractivity contribution in [3.63, 3.8) is 0 Å². The fourth-order valence-electron chi connectivity index (χ4n) is 2.71. The van der Waals surface area contributed by atoms with Crippen molar-refractivity contribution in [1.82, 2.24) is 14.3 Å². The summed E-state index contributed by atoms with van der Waals surface area (Å²) < 4.78 is 33.0. The van der Waals surface area contributed by atoms with Crippen molar-refractivity contribution >= 4 is 21.6 Å². The van der Waals surface area contributed by atoms with Crippen LogP contribution in [0.1, 0.15) is 18.4 Å². The standard InChI is InChI=1S/C16H18ClN3O3S/c1-12-5-6-13(17)10-15(12)24(21,22)20-9-2-4-14(11-20)23-16-18-7-3-8-19-16/h3,5-8,10,14H,2,4,9,11H2,1H3. The Balaban J connectivity index is 1.79. The number of hydrogen-bond acceptors (Lipinski definition) is 5. The van der Waals surface area contributed by atoms with Crippen molar-refractivity contribution in [1.29, 1.82) is 0 Å². The molecule has 6 nitrogen and oxygen atoms in total. The maximum Gasteiger partial charge on any atom is 0.316 e. The number of aryl methyl sites for hydroxylation is 1. The molecule has 1 fully saturated rings. The quantitative estimate of drug-likeness (QED) is 0.830. The van der Waals surface area contributed by atoms with Gasteiger partial charge >= 0.3 is 6.01 Å². The van der Waals surface area contributed by atoms with Gasteiger partial charge in [-0.05, 0) is 43.5 Å². The minimum atomic E-state index is -3.61. The van der Waals surface area contributed by atoms with Crippen molar-refractivity contribution in [2.45, 2.75) is 30.8 Å². The predicted octanol–water partition coefficient (Wildman–Crippen LogP) is 2.67. The van der Waals surface area contributed by atoms with Gasteiger partial charge in [-0.2, -0.15) is 4.31 Å². The molecule has 8 heteroatoms. The van der Waals surface area contributed by atoms with Crippen LogP contribution in [-0.2, 0) is 10.0 Å². The summed E-state index contributed by atoms with van der Waals surface area (Å²) in [6.45, 7) is 2.50. The third-order valence-corrected chi connectivity index (χ3v) is 6.17. The molecular weight excluding hydrogens is 350 g/mol. The van der Waals surface area contributed by atoms with Crippen LogP contribution in [0, 0.1) is 6.92 Å². The van der Waals surface area contributed by atoms with Crippen molar-refractivity contribution in [3.8, 4) is 6.01 Å². The third kappa shape index (κ3) is 3.68. The minimum Gasteiger partial charge on any atom is -0.459 e. The first-order valence-corrected chi connectivity index (χ1v) is 9.48. The molecule has 1 aliphatic heterocycles. The second kappa shape index (κ2) is 7.04. The summed E-state index contributed by atoms with van der Waals surface area (Å²) in [4.78, 5) is 8.29. The number of aromatic nitrogens is 2. The molecule has 1 unspecified atom stereocenters. The van der Waals surface area contributed by atoms with E-state index in [2.05, 4.69) is 9.97 Å². The maximum atomic E-state index is 12.9. The molecule has 128 valence electrons. The largest absolute Gasteiger partial charge is 0.459 e. The Morgan fingerprint density at radius 2 is 2.04 bits per heavy atom. The molecule has 0 N–H and O–H groups in total. The lowest BCUT2D eigenvalue weighted by Gasteiger charge is -2.31. The first-order chi connectivity index (χ1) is 11.5. The molecule has 3 rings (SSSR count). The first kappa shape index (κ1) is 17.1. The number of rotatable bonds is 4. The van der Waals surface area contributed by atoms with Crippen LogP contribution in [0.4, 0.5) is 0 Å². The average Bonchev–Trinajstić information content (AvgIpc) is 2.58. The Hall–Kier alpha value is -1.70. The second-order valence-electron chi connectivity index (χ2n) is 5.69. The zero-order valence-corrected chi connectivity index (χ0v) is 14.8. The fourth-order valence-corrected chi connectivity index (χ4v) is 4.70. The molecule has 0 amide bonds. The predicted molar refractivity (Wildman–Crippen MR) is 90.6 cm³/mol. The van der Waals surface area contributed by atoms with Crippen LogP contribution in [0.3, 0.4) is 0 Å². The Morgan fingerprint density at radius 3 is 2.79 bits per heavy atom. The highest BCUT2D eigenvalue weighted by Gasteiger charge is 2.32. The highest BCUT2D eigenvalue weighted by Crippen LogP contribution is 2.26. The van der Waals surface area contributed by atoms with Crippen molar-refractivity contribution in [2.24, 2.45) is 0 Å². The van der Waals surface area contributed by atoms with Crippen LogP contribution in [-0.4, -0.2) is 41.9 Å². The normalized spacial score (nSPS) is 19.2. The third-order valence-electron chi connectivity index (χ3n) is 3.92. The first-order valence-electron chi connectivity index (χ1n) is 7.67. The molecule has 1 aromatic heterocycles. The van der Waals surface area contributed by atoms with E-state index < -0.39 is 10.0 Å². The second-order valence-corrected chi connectivity index (χ2v) is 8.03. The molecule has 2 aromatic rings. The molecule has 0 spiro atoms. The summed E-state index contributed by atoms with van der Waals surface area (Å²) in [7, 11) is -3.61. The van der Waals surface area contributed by atoms with Gasteiger partial charge in [0.05, 0.1) is 11.4 Å². The van der Waals surface area contributed by atoms with E-state index in [1.54, 1.807) is 37.5 Å². The molecule has 0 bridgehead atoms. The van der Waals surface area contributed by atoms with Crippen LogP contribution in [0.15, 0.2) is 41.6 Å². The highest BCUT2D eigenvalue weighted by atomic mass is 35.5. The van der Waals surface area contributed by atoms with E-state index in [9.17, 15) is 8.42 Å². The molecule has 0 saturated carbocycles. The van der Waals surface area contributed by atoms with Gasteiger partial charge in [0.15, 0.2) is 0 Å². The number of nitrogens with zero attached hydrogens (tertiary/aromatic N) is 3. The molecule has 0 aliphatic carbocycles. The topological polar surface area (TPSA) is 72.4 Å². The van der Waals surface area contributed by atoms with Crippen molar-refractivity contribution in [2.75, 3.05) is 13.1 Å². The molecule has 1 saturated heterocycles. The van der Waals surface area contributed by atoms with Gasteiger partial charge in [0.25, 0.3) is 0 Å². The number of sulfonamides is 1. The lowest BCUT2D eigenvalue weighted by Crippen LogP contribution is -2.44. The molecule has 1 atom stereocenters. The van der Waals surface area contributed by atoms with E-state index >= 15 is 0 Å². The van der Waals surface area contributed by atoms with Gasteiger partial charge in [0.1, 0.15) is 6.10 Å². The van der Waals surface area contributed by atoms with Crippen molar-refractivity contribution in [3.05, 3.63) is 47.2 Å². The van der Waals surface area contributed by atoms with Gasteiger partial charge in [0.2, 0.25) is 10.0 Å². The smallest absolute Gasteiger partial charge is 0.316 e. The van der Waals surface area contributed by atoms with E-state index in [0.29, 0.717) is 17.1 Å². The van der Waals surface area contributed by atoms with Crippen LogP contribution >= 0.6 is 11.6 Å². The van der Waals surface area contributed by atoms with Crippen LogP contribution in [0.2, 0.25) is 5.02 Å². The van der Waals surface area contributed by atoms with Gasteiger partial charge in [-0.15, -0.1) is 0 Å². The van der Waals surface area contributed by atoms with Crippen LogP contribution in [0.5, 0.6) is 6.01 Å². The van der Waals surface area contributed by atoms with Gasteiger partial charge < -0.3 is 4.74 Å². The molecule has 1 aromatic carbocycles. The summed E-state index contributed by atoms with van der Waals surface area (Å²) >= 11 is 5.97. The summed E-state index contributed by atoms with van der Waals surface area (Å²) in [5.74, 6) is 0. The Morgan fingerprint density at radius 1 is 1.29 bits per heavy atom. The van der Waals surface area contributed by atoms with Crippen LogP contribution in [0.25, 0.3) is 0 Å². The highest BCUT2D eigenvalue weighted by molar-refractivity contribution is 7.89.